The van der Waals surface area contributed by atoms with Crippen molar-refractivity contribution in [1.82, 2.24) is 4.98 Å². The summed E-state index contributed by atoms with van der Waals surface area (Å²) in [4.78, 5) is 14.5. The first kappa shape index (κ1) is 10.6. The van der Waals surface area contributed by atoms with Gasteiger partial charge in [-0.1, -0.05) is 34.8 Å². The molecule has 6 heteroatoms. The fraction of sp³-hybridized carbons (Fsp3) is 0.143. The highest BCUT2D eigenvalue weighted by atomic mass is 35.5. The maximum Gasteiger partial charge on any atom is 0.222 e. The number of nitrogens with one attached hydrogen (secondary N) is 1. The molecule has 0 saturated carbocycles. The summed E-state index contributed by atoms with van der Waals surface area (Å²) in [6.45, 7) is 1.35. The van der Waals surface area contributed by atoms with Crippen LogP contribution in [0.1, 0.15) is 6.92 Å². The molecule has 1 amide bonds. The Morgan fingerprint density at radius 1 is 1.38 bits per heavy atom. The first-order valence-corrected chi connectivity index (χ1v) is 4.43. The molecule has 70 valence electrons. The van der Waals surface area contributed by atoms with E-state index in [-0.39, 0.29) is 26.8 Å². The largest absolute Gasteiger partial charge is 0.310 e. The first-order valence-electron chi connectivity index (χ1n) is 3.29. The minimum atomic E-state index is -0.271. The molecule has 0 saturated heterocycles. The number of carbonyl (C=O) groups is 1. The molecule has 0 aromatic carbocycles. The molecule has 0 atom stereocenters. The van der Waals surface area contributed by atoms with Gasteiger partial charge in [0.25, 0.3) is 0 Å². The molecule has 0 fully saturated rings. The number of amides is 1. The number of hydrogen-bond acceptors (Lipinski definition) is 2. The molecule has 0 bridgehead atoms. The third kappa shape index (κ3) is 2.46. The van der Waals surface area contributed by atoms with Crippen molar-refractivity contribution in [1.29, 1.82) is 0 Å². The number of nitrogens with zero attached hydrogens (tertiary/aromatic N) is 1. The average molecular weight is 239 g/mol. The van der Waals surface area contributed by atoms with Crippen molar-refractivity contribution in [2.75, 3.05) is 5.32 Å². The number of halogens is 3. The van der Waals surface area contributed by atoms with E-state index in [2.05, 4.69) is 10.3 Å². The molecule has 1 N–H and O–H groups in total. The van der Waals surface area contributed by atoms with Gasteiger partial charge in [0.2, 0.25) is 5.91 Å². The third-order valence-corrected chi connectivity index (χ3v) is 2.45. The second kappa shape index (κ2) is 4.13. The molecule has 1 rings (SSSR count). The fourth-order valence-corrected chi connectivity index (χ4v) is 1.23. The zero-order valence-electron chi connectivity index (χ0n) is 6.57. The predicted molar refractivity (Wildman–Crippen MR) is 53.6 cm³/mol. The summed E-state index contributed by atoms with van der Waals surface area (Å²) in [5.41, 5.74) is 0. The van der Waals surface area contributed by atoms with Gasteiger partial charge in [0.05, 0.1) is 10.0 Å². The molecular weight excluding hydrogens is 234 g/mol. The van der Waals surface area contributed by atoms with Crippen molar-refractivity contribution in [2.24, 2.45) is 0 Å². The molecule has 13 heavy (non-hydrogen) atoms. The van der Waals surface area contributed by atoms with Crippen molar-refractivity contribution in [3.8, 4) is 0 Å². The number of hydrogen-bond donors (Lipinski definition) is 1. The van der Waals surface area contributed by atoms with Gasteiger partial charge in [-0.05, 0) is 0 Å². The maximum absolute atomic E-state index is 10.7. The summed E-state index contributed by atoms with van der Waals surface area (Å²) >= 11 is 17.1. The monoisotopic (exact) mass is 238 g/mol. The molecule has 0 spiro atoms. The minimum Gasteiger partial charge on any atom is -0.310 e. The Morgan fingerprint density at radius 3 is 2.54 bits per heavy atom. The van der Waals surface area contributed by atoms with E-state index < -0.39 is 0 Å². The smallest absolute Gasteiger partial charge is 0.222 e. The van der Waals surface area contributed by atoms with Crippen molar-refractivity contribution in [2.45, 2.75) is 6.92 Å². The number of carbonyl (C=O) groups excluding carboxylic acids is 1. The topological polar surface area (TPSA) is 42.0 Å². The van der Waals surface area contributed by atoms with Crippen molar-refractivity contribution in [3.05, 3.63) is 21.3 Å². The lowest BCUT2D eigenvalue weighted by Crippen LogP contribution is -2.07. The van der Waals surface area contributed by atoms with Gasteiger partial charge in [0.15, 0.2) is 5.82 Å². The van der Waals surface area contributed by atoms with Crippen molar-refractivity contribution in [3.63, 3.8) is 0 Å². The van der Waals surface area contributed by atoms with Crippen LogP contribution in [0, 0.1) is 0 Å². The standard InChI is InChI=1S/C7H5Cl3N2O/c1-3(13)12-7-6(10)5(9)4(8)2-11-7/h2H,1H3,(H,11,12,13). The van der Waals surface area contributed by atoms with E-state index in [0.29, 0.717) is 0 Å². The Hall–Kier alpha value is -0.510. The number of rotatable bonds is 1. The minimum absolute atomic E-state index is 0.143. The van der Waals surface area contributed by atoms with E-state index in [4.69, 9.17) is 34.8 Å². The van der Waals surface area contributed by atoms with E-state index in [1.54, 1.807) is 0 Å². The summed E-state index contributed by atoms with van der Waals surface area (Å²) < 4.78 is 0. The molecule has 3 nitrogen and oxygen atoms in total. The molecule has 1 aromatic rings. The highest BCUT2D eigenvalue weighted by Gasteiger charge is 2.10. The van der Waals surface area contributed by atoms with E-state index in [1.165, 1.54) is 13.1 Å². The number of anilines is 1. The predicted octanol–water partition coefficient (Wildman–Crippen LogP) is 3.00. The molecule has 0 aliphatic carbocycles. The van der Waals surface area contributed by atoms with Crippen LogP contribution in [0.4, 0.5) is 5.82 Å². The Balaban J connectivity index is 3.10. The molecule has 0 unspecified atom stereocenters. The van der Waals surface area contributed by atoms with Crippen LogP contribution in [-0.4, -0.2) is 10.9 Å². The zero-order chi connectivity index (χ0) is 10.0. The van der Waals surface area contributed by atoms with Crippen LogP contribution in [0.15, 0.2) is 6.20 Å². The summed E-state index contributed by atoms with van der Waals surface area (Å²) in [6.07, 6.45) is 1.32. The molecule has 0 aliphatic heterocycles. The van der Waals surface area contributed by atoms with Crippen LogP contribution in [-0.2, 0) is 4.79 Å². The fourth-order valence-electron chi connectivity index (χ4n) is 0.697. The molecular formula is C7H5Cl3N2O. The van der Waals surface area contributed by atoms with Crippen LogP contribution in [0.5, 0.6) is 0 Å². The Kier molecular flexibility index (Phi) is 3.36. The van der Waals surface area contributed by atoms with Crippen LogP contribution in [0.25, 0.3) is 0 Å². The molecule has 0 radical (unpaired) electrons. The van der Waals surface area contributed by atoms with E-state index in [1.807, 2.05) is 0 Å². The lowest BCUT2D eigenvalue weighted by Gasteiger charge is -2.05. The first-order chi connectivity index (χ1) is 6.02. The van der Waals surface area contributed by atoms with Gasteiger partial charge in [-0.3, -0.25) is 4.79 Å². The quantitative estimate of drug-likeness (QED) is 0.818. The van der Waals surface area contributed by atoms with Gasteiger partial charge < -0.3 is 5.32 Å². The van der Waals surface area contributed by atoms with Gasteiger partial charge in [0, 0.05) is 13.1 Å². The summed E-state index contributed by atoms with van der Waals surface area (Å²) in [5, 5.41) is 2.99. The van der Waals surface area contributed by atoms with E-state index >= 15 is 0 Å². The number of pyridine rings is 1. The van der Waals surface area contributed by atoms with Crippen LogP contribution >= 0.6 is 34.8 Å². The lowest BCUT2D eigenvalue weighted by atomic mass is 10.4. The number of aromatic nitrogens is 1. The third-order valence-electron chi connectivity index (χ3n) is 1.21. The maximum atomic E-state index is 10.7. The molecule has 1 heterocycles. The van der Waals surface area contributed by atoms with Crippen molar-refractivity contribution >= 4 is 46.5 Å². The SMILES string of the molecule is CC(=O)Nc1ncc(Cl)c(Cl)c1Cl. The second-order valence-electron chi connectivity index (χ2n) is 2.26. The summed E-state index contributed by atoms with van der Waals surface area (Å²) in [6, 6.07) is 0. The molecule has 1 aromatic heterocycles. The van der Waals surface area contributed by atoms with Gasteiger partial charge in [0.1, 0.15) is 5.02 Å². The summed E-state index contributed by atoms with van der Waals surface area (Å²) in [7, 11) is 0. The highest BCUT2D eigenvalue weighted by Crippen LogP contribution is 2.33. The van der Waals surface area contributed by atoms with Crippen molar-refractivity contribution < 1.29 is 4.79 Å². The van der Waals surface area contributed by atoms with Crippen LogP contribution < -0.4 is 5.32 Å². The normalized spacial score (nSPS) is 9.85. The molecule has 0 aliphatic rings. The summed E-state index contributed by atoms with van der Waals surface area (Å²) in [5.74, 6) is -0.0589. The van der Waals surface area contributed by atoms with Gasteiger partial charge in [-0.2, -0.15) is 0 Å². The van der Waals surface area contributed by atoms with Gasteiger partial charge in [-0.15, -0.1) is 0 Å². The Bertz CT molecular complexity index is 354. The van der Waals surface area contributed by atoms with Crippen LogP contribution in [0.2, 0.25) is 15.1 Å². The zero-order valence-corrected chi connectivity index (χ0v) is 8.83. The Labute approximate surface area is 90.0 Å². The van der Waals surface area contributed by atoms with Gasteiger partial charge >= 0.3 is 0 Å². The highest BCUT2D eigenvalue weighted by molar-refractivity contribution is 6.49. The average Bonchev–Trinajstić information content (AvgIpc) is 2.06. The van der Waals surface area contributed by atoms with E-state index in [0.717, 1.165) is 0 Å². The van der Waals surface area contributed by atoms with Crippen LogP contribution in [0.3, 0.4) is 0 Å². The second-order valence-corrected chi connectivity index (χ2v) is 3.43. The van der Waals surface area contributed by atoms with Gasteiger partial charge in [-0.25, -0.2) is 4.98 Å². The van der Waals surface area contributed by atoms with E-state index in [9.17, 15) is 4.79 Å². The Morgan fingerprint density at radius 2 is 2.00 bits per heavy atom. The lowest BCUT2D eigenvalue weighted by molar-refractivity contribution is -0.114.